The van der Waals surface area contributed by atoms with Gasteiger partial charge in [-0.3, -0.25) is 4.79 Å². The Morgan fingerprint density at radius 2 is 2.06 bits per heavy atom. The Kier molecular flexibility index (Phi) is 3.58. The number of carbonyl (C=O) groups excluding carboxylic acids is 1. The fraction of sp³-hybridized carbons (Fsp3) is 0.200. The van der Waals surface area contributed by atoms with Gasteiger partial charge in [0.15, 0.2) is 0 Å². The number of ether oxygens (including phenoxy) is 1. The normalized spacial score (nSPS) is 15.5. The van der Waals surface area contributed by atoms with Gasteiger partial charge in [0.1, 0.15) is 5.75 Å². The summed E-state index contributed by atoms with van der Waals surface area (Å²) < 4.78 is 28.1. The van der Waals surface area contributed by atoms with Crippen molar-refractivity contribution in [3.8, 4) is 5.75 Å². The van der Waals surface area contributed by atoms with Gasteiger partial charge >= 0.3 is 6.61 Å². The van der Waals surface area contributed by atoms with E-state index in [0.29, 0.717) is 11.5 Å². The maximum atomic E-state index is 11.9. The SMILES string of the molecule is O=C1NN=C(c2ccc(OC(F)F)cc2)CS1. The molecule has 1 aliphatic heterocycles. The summed E-state index contributed by atoms with van der Waals surface area (Å²) >= 11 is 1.10. The highest BCUT2D eigenvalue weighted by molar-refractivity contribution is 8.14. The fourth-order valence-electron chi connectivity index (χ4n) is 1.29. The van der Waals surface area contributed by atoms with Crippen molar-refractivity contribution >= 4 is 22.7 Å². The van der Waals surface area contributed by atoms with Crippen molar-refractivity contribution in [1.29, 1.82) is 0 Å². The lowest BCUT2D eigenvalue weighted by atomic mass is 10.1. The van der Waals surface area contributed by atoms with Crippen LogP contribution in [0.25, 0.3) is 0 Å². The van der Waals surface area contributed by atoms with E-state index in [4.69, 9.17) is 0 Å². The largest absolute Gasteiger partial charge is 0.435 e. The van der Waals surface area contributed by atoms with Crippen LogP contribution in [-0.4, -0.2) is 23.3 Å². The summed E-state index contributed by atoms with van der Waals surface area (Å²) in [7, 11) is 0. The molecule has 0 bridgehead atoms. The Bertz CT molecular complexity index is 448. The van der Waals surface area contributed by atoms with Gasteiger partial charge in [0.2, 0.25) is 0 Å². The Labute approximate surface area is 100 Å². The molecule has 0 saturated heterocycles. The summed E-state index contributed by atoms with van der Waals surface area (Å²) in [5.41, 5.74) is 3.79. The predicted molar refractivity (Wildman–Crippen MR) is 60.6 cm³/mol. The Hall–Kier alpha value is -1.63. The van der Waals surface area contributed by atoms with Crippen LogP contribution < -0.4 is 10.2 Å². The minimum atomic E-state index is -2.83. The van der Waals surface area contributed by atoms with Gasteiger partial charge in [-0.2, -0.15) is 13.9 Å². The molecule has 1 aromatic rings. The molecule has 1 heterocycles. The number of benzene rings is 1. The lowest BCUT2D eigenvalue weighted by Crippen LogP contribution is -2.23. The molecule has 2 rings (SSSR count). The van der Waals surface area contributed by atoms with Gasteiger partial charge in [-0.25, -0.2) is 5.43 Å². The van der Waals surface area contributed by atoms with Crippen LogP contribution in [0.15, 0.2) is 29.4 Å². The van der Waals surface area contributed by atoms with Crippen molar-refractivity contribution in [2.24, 2.45) is 5.10 Å². The zero-order valence-electron chi connectivity index (χ0n) is 8.52. The molecule has 0 aliphatic carbocycles. The number of hydrogen-bond donors (Lipinski definition) is 1. The summed E-state index contributed by atoms with van der Waals surface area (Å²) in [6, 6.07) is 6.11. The molecule has 0 saturated carbocycles. The molecule has 7 heteroatoms. The van der Waals surface area contributed by atoms with Crippen LogP contribution in [0.2, 0.25) is 0 Å². The number of halogens is 2. The van der Waals surface area contributed by atoms with E-state index in [-0.39, 0.29) is 11.0 Å². The highest BCUT2D eigenvalue weighted by atomic mass is 32.2. The van der Waals surface area contributed by atoms with Gasteiger partial charge in [0.05, 0.1) is 5.71 Å². The van der Waals surface area contributed by atoms with Gasteiger partial charge < -0.3 is 4.74 Å². The maximum Gasteiger partial charge on any atom is 0.387 e. The number of hydrogen-bond acceptors (Lipinski definition) is 4. The molecule has 1 amide bonds. The Morgan fingerprint density at radius 3 is 2.59 bits per heavy atom. The lowest BCUT2D eigenvalue weighted by molar-refractivity contribution is -0.0498. The molecule has 1 aliphatic rings. The quantitative estimate of drug-likeness (QED) is 0.906. The van der Waals surface area contributed by atoms with Crippen molar-refractivity contribution in [1.82, 2.24) is 5.43 Å². The van der Waals surface area contributed by atoms with Crippen LogP contribution in [0.3, 0.4) is 0 Å². The number of alkyl halides is 2. The molecule has 1 aromatic carbocycles. The van der Waals surface area contributed by atoms with Crippen LogP contribution >= 0.6 is 11.8 Å². The van der Waals surface area contributed by atoms with Gasteiger partial charge in [-0.15, -0.1) is 0 Å². The topological polar surface area (TPSA) is 50.7 Å². The first-order valence-electron chi connectivity index (χ1n) is 4.70. The van der Waals surface area contributed by atoms with Crippen LogP contribution in [-0.2, 0) is 0 Å². The molecule has 0 spiro atoms. The fourth-order valence-corrected chi connectivity index (χ4v) is 1.90. The number of carbonyl (C=O) groups is 1. The molecule has 0 aromatic heterocycles. The third-order valence-electron chi connectivity index (χ3n) is 2.03. The minimum absolute atomic E-state index is 0.0943. The number of thioether (sulfide) groups is 1. The van der Waals surface area contributed by atoms with Crippen molar-refractivity contribution < 1.29 is 18.3 Å². The smallest absolute Gasteiger partial charge is 0.387 e. The number of nitrogens with one attached hydrogen (secondary N) is 1. The van der Waals surface area contributed by atoms with Gasteiger partial charge in [0, 0.05) is 5.75 Å². The van der Waals surface area contributed by atoms with E-state index in [9.17, 15) is 13.6 Å². The molecule has 0 radical (unpaired) electrons. The second-order valence-electron chi connectivity index (χ2n) is 3.15. The molecule has 17 heavy (non-hydrogen) atoms. The molecule has 1 N–H and O–H groups in total. The molecule has 90 valence electrons. The van der Waals surface area contributed by atoms with Crippen molar-refractivity contribution in [3.05, 3.63) is 29.8 Å². The van der Waals surface area contributed by atoms with Crippen LogP contribution in [0.1, 0.15) is 5.56 Å². The van der Waals surface area contributed by atoms with Crippen molar-refractivity contribution in [2.75, 3.05) is 5.75 Å². The van der Waals surface area contributed by atoms with E-state index in [1.807, 2.05) is 0 Å². The summed E-state index contributed by atoms with van der Waals surface area (Å²) in [4.78, 5) is 10.9. The van der Waals surface area contributed by atoms with Crippen LogP contribution in [0.4, 0.5) is 13.6 Å². The zero-order chi connectivity index (χ0) is 12.3. The standard InChI is InChI=1S/C10H8F2N2O2S/c11-9(12)16-7-3-1-6(2-4-7)8-5-17-10(15)14-13-8/h1-4,9H,5H2,(H,14,15). The average molecular weight is 258 g/mol. The molecule has 0 unspecified atom stereocenters. The summed E-state index contributed by atoms with van der Waals surface area (Å²) in [6.45, 7) is -2.83. The molecule has 0 fully saturated rings. The van der Waals surface area contributed by atoms with Gasteiger partial charge in [-0.05, 0) is 29.8 Å². The van der Waals surface area contributed by atoms with E-state index in [1.165, 1.54) is 12.1 Å². The molecule has 4 nitrogen and oxygen atoms in total. The van der Waals surface area contributed by atoms with E-state index in [0.717, 1.165) is 17.3 Å². The van der Waals surface area contributed by atoms with E-state index < -0.39 is 6.61 Å². The average Bonchev–Trinajstić information content (AvgIpc) is 2.30. The van der Waals surface area contributed by atoms with Crippen LogP contribution in [0.5, 0.6) is 5.75 Å². The number of amides is 1. The maximum absolute atomic E-state index is 11.9. The Morgan fingerprint density at radius 1 is 1.35 bits per heavy atom. The number of rotatable bonds is 3. The zero-order valence-corrected chi connectivity index (χ0v) is 9.34. The first-order chi connectivity index (χ1) is 8.15. The third kappa shape index (κ3) is 3.16. The summed E-state index contributed by atoms with van der Waals surface area (Å²) in [5.74, 6) is 0.554. The first kappa shape index (κ1) is 11.8. The second kappa shape index (κ2) is 5.13. The Balaban J connectivity index is 2.10. The van der Waals surface area contributed by atoms with E-state index in [1.54, 1.807) is 12.1 Å². The second-order valence-corrected chi connectivity index (χ2v) is 4.10. The molecular weight excluding hydrogens is 250 g/mol. The van der Waals surface area contributed by atoms with E-state index in [2.05, 4.69) is 15.3 Å². The van der Waals surface area contributed by atoms with Crippen molar-refractivity contribution in [3.63, 3.8) is 0 Å². The molecular formula is C10H8F2N2O2S. The number of nitrogens with zero attached hydrogens (tertiary/aromatic N) is 1. The van der Waals surface area contributed by atoms with Crippen molar-refractivity contribution in [2.45, 2.75) is 6.61 Å². The highest BCUT2D eigenvalue weighted by Crippen LogP contribution is 2.18. The van der Waals surface area contributed by atoms with Crippen LogP contribution in [0, 0.1) is 0 Å². The summed E-state index contributed by atoms with van der Waals surface area (Å²) in [6.07, 6.45) is 0. The molecule has 0 atom stereocenters. The lowest BCUT2D eigenvalue weighted by Gasteiger charge is -2.12. The van der Waals surface area contributed by atoms with Gasteiger partial charge in [0.25, 0.3) is 5.24 Å². The monoisotopic (exact) mass is 258 g/mol. The first-order valence-corrected chi connectivity index (χ1v) is 5.68. The minimum Gasteiger partial charge on any atom is -0.435 e. The van der Waals surface area contributed by atoms with E-state index >= 15 is 0 Å². The van der Waals surface area contributed by atoms with Gasteiger partial charge in [-0.1, -0.05) is 11.8 Å². The predicted octanol–water partition coefficient (Wildman–Crippen LogP) is 2.45. The third-order valence-corrected chi connectivity index (χ3v) is 2.81. The highest BCUT2D eigenvalue weighted by Gasteiger charge is 2.14. The summed E-state index contributed by atoms with van der Waals surface area (Å²) in [5, 5.41) is 3.68. The number of hydrazone groups is 1.